The lowest BCUT2D eigenvalue weighted by molar-refractivity contribution is -0.161. The number of allylic oxidation sites excluding steroid dienone is 30. The number of hydrogen-bond donors (Lipinski definition) is 3. The fourth-order valence-corrected chi connectivity index (χ4v) is 11.4. The van der Waals surface area contributed by atoms with Crippen LogP contribution in [0.1, 0.15) is 285 Å². The van der Waals surface area contributed by atoms with Crippen LogP contribution in [0.5, 0.6) is 0 Å². The van der Waals surface area contributed by atoms with Crippen molar-refractivity contribution in [3.8, 4) is 0 Å². The third-order valence-corrected chi connectivity index (χ3v) is 17.7. The van der Waals surface area contributed by atoms with Gasteiger partial charge in [0.15, 0.2) is 12.2 Å². The summed E-state index contributed by atoms with van der Waals surface area (Å²) in [6.07, 6.45) is 93.0. The zero-order chi connectivity index (χ0) is 77.4. The highest BCUT2D eigenvalue weighted by Gasteiger charge is 2.30. The molecular weight excluding hydrogens is 1380 g/mol. The number of carbonyl (C=O) groups is 4. The van der Waals surface area contributed by atoms with E-state index in [2.05, 4.69) is 210 Å². The fourth-order valence-electron chi connectivity index (χ4n) is 9.85. The van der Waals surface area contributed by atoms with Crippen molar-refractivity contribution in [1.82, 2.24) is 0 Å². The summed E-state index contributed by atoms with van der Waals surface area (Å²) in [5.74, 6) is -2.32. The summed E-state index contributed by atoms with van der Waals surface area (Å²) in [6.45, 7) is 4.36. The molecule has 5 unspecified atom stereocenters. The lowest BCUT2D eigenvalue weighted by Crippen LogP contribution is -2.30. The molecule has 0 fully saturated rings. The second-order valence-electron chi connectivity index (χ2n) is 25.9. The number of unbranched alkanes of at least 4 members (excludes halogenated alkanes) is 17. The van der Waals surface area contributed by atoms with Gasteiger partial charge in [-0.15, -0.1) is 0 Å². The van der Waals surface area contributed by atoms with E-state index in [1.807, 2.05) is 0 Å². The highest BCUT2D eigenvalue weighted by Crippen LogP contribution is 2.45. The molecule has 0 aromatic heterocycles. The molecule has 0 aromatic rings. The normalized spacial score (nSPS) is 14.8. The average Bonchev–Trinajstić information content (AvgIpc) is 0.903. The molecule has 0 aliphatic heterocycles. The van der Waals surface area contributed by atoms with Gasteiger partial charge in [-0.3, -0.25) is 37.3 Å². The van der Waals surface area contributed by atoms with Crippen LogP contribution < -0.4 is 0 Å². The molecule has 0 aliphatic carbocycles. The maximum absolute atomic E-state index is 13.1. The van der Waals surface area contributed by atoms with Crippen molar-refractivity contribution in [2.75, 3.05) is 39.6 Å². The molecule has 17 nitrogen and oxygen atoms in total. The second kappa shape index (κ2) is 77.3. The van der Waals surface area contributed by atoms with E-state index in [0.29, 0.717) is 25.7 Å². The maximum atomic E-state index is 13.1. The van der Waals surface area contributed by atoms with E-state index in [4.69, 9.17) is 37.0 Å². The van der Waals surface area contributed by atoms with E-state index in [0.717, 1.165) is 180 Å². The van der Waals surface area contributed by atoms with E-state index in [1.54, 1.807) is 0 Å². The Hall–Kier alpha value is -5.84. The molecular formula is C87H140O17P2. The Balaban J connectivity index is 5.49. The van der Waals surface area contributed by atoms with Crippen LogP contribution in [0, 0.1) is 0 Å². The SMILES string of the molecule is CC/C=C\C/C=C\C/C=C\C/C=C\C/C=C\CCCCCC(=O)OCC(COP(=O)(O)OCC(O)COP(=O)(O)OCC(COC(=O)CCCC/C=C\C/C=C\C/C=C\C/C=C\CC)OC(=O)CCCCCCC/C=C\CCCCCC)OC(=O)CCCCC/C=C\C/C=C\C/C=C\C/C=C\C/C=C\CC. The Labute approximate surface area is 641 Å². The van der Waals surface area contributed by atoms with Crippen molar-refractivity contribution in [3.05, 3.63) is 182 Å². The number of phosphoric acid groups is 2. The summed E-state index contributed by atoms with van der Waals surface area (Å²) >= 11 is 0. The number of ether oxygens (including phenoxy) is 4. The van der Waals surface area contributed by atoms with Crippen molar-refractivity contribution in [2.45, 2.75) is 303 Å². The Morgan fingerprint density at radius 1 is 0.274 bits per heavy atom. The van der Waals surface area contributed by atoms with Gasteiger partial charge in [-0.05, 0) is 180 Å². The second-order valence-corrected chi connectivity index (χ2v) is 28.8. The quantitative estimate of drug-likeness (QED) is 0.0169. The zero-order valence-electron chi connectivity index (χ0n) is 65.5. The average molecular weight is 1520 g/mol. The molecule has 0 rings (SSSR count). The summed E-state index contributed by atoms with van der Waals surface area (Å²) in [4.78, 5) is 73.0. The first-order valence-corrected chi connectivity index (χ1v) is 43.0. The van der Waals surface area contributed by atoms with Gasteiger partial charge in [0, 0.05) is 25.7 Å². The predicted octanol–water partition coefficient (Wildman–Crippen LogP) is 23.6. The van der Waals surface area contributed by atoms with Crippen LogP contribution in [0.3, 0.4) is 0 Å². The predicted molar refractivity (Wildman–Crippen MR) is 436 cm³/mol. The van der Waals surface area contributed by atoms with Gasteiger partial charge in [0.2, 0.25) is 0 Å². The largest absolute Gasteiger partial charge is 0.472 e. The van der Waals surface area contributed by atoms with Crippen molar-refractivity contribution in [1.29, 1.82) is 0 Å². The summed E-state index contributed by atoms with van der Waals surface area (Å²) in [7, 11) is -10.0. The Kier molecular flexibility index (Phi) is 73.1. The standard InChI is InChI=1S/C87H140O17P2/c1-5-9-13-17-21-25-29-33-36-38-40-42-45-49-52-56-60-64-68-72-85(90)98-78-83(104-87(92)74-70-66-62-58-54-50-46-43-41-39-37-34-30-26-22-18-14-10-6-2)80-102-106(95,96)100-76-81(88)75-99-105(93,94)101-79-82(103-86(91)73-69-65-61-57-53-47-32-28-24-20-16-12-8-4)77-97-84(89)71-67-63-59-55-51-48-44-35-31-27-23-19-15-11-7-3/h9-11,13-15,21-23,25-28,32-37,40-44,49-52,54-55,81-83,88H,5-8,12,16-20,24,29-31,38-39,45-48,53,56-80H2,1-4H3,(H,93,94)(H,95,96)/b13-9-,14-10-,15-11-,25-21-,26-22-,27-23-,32-28-,36-33-,37-34-,42-40-,43-41-,44-35-,52-49-,54-50-,55-51-. The zero-order valence-corrected chi connectivity index (χ0v) is 67.3. The van der Waals surface area contributed by atoms with Crippen molar-refractivity contribution in [3.63, 3.8) is 0 Å². The van der Waals surface area contributed by atoms with E-state index in [-0.39, 0.29) is 25.7 Å². The minimum Gasteiger partial charge on any atom is -0.462 e. The van der Waals surface area contributed by atoms with Gasteiger partial charge >= 0.3 is 39.5 Å². The van der Waals surface area contributed by atoms with Crippen LogP contribution in [-0.4, -0.2) is 96.7 Å². The summed E-state index contributed by atoms with van der Waals surface area (Å²) in [5.41, 5.74) is 0. The molecule has 0 saturated carbocycles. The molecule has 3 N–H and O–H groups in total. The van der Waals surface area contributed by atoms with Crippen molar-refractivity contribution in [2.24, 2.45) is 0 Å². The van der Waals surface area contributed by atoms with Crippen LogP contribution in [0.4, 0.5) is 0 Å². The molecule has 0 aliphatic rings. The van der Waals surface area contributed by atoms with Crippen molar-refractivity contribution < 1.29 is 80.2 Å². The van der Waals surface area contributed by atoms with Gasteiger partial charge in [-0.25, -0.2) is 9.13 Å². The van der Waals surface area contributed by atoms with Gasteiger partial charge in [-0.1, -0.05) is 261 Å². The Morgan fingerprint density at radius 3 is 0.792 bits per heavy atom. The lowest BCUT2D eigenvalue weighted by atomic mass is 10.1. The monoisotopic (exact) mass is 1520 g/mol. The highest BCUT2D eigenvalue weighted by atomic mass is 31.2. The van der Waals surface area contributed by atoms with Crippen LogP contribution in [-0.2, 0) is 65.4 Å². The fraction of sp³-hybridized carbons (Fsp3) is 0.609. The number of rotatable bonds is 73. The molecule has 0 amide bonds. The van der Waals surface area contributed by atoms with Gasteiger partial charge in [-0.2, -0.15) is 0 Å². The van der Waals surface area contributed by atoms with Gasteiger partial charge in [0.25, 0.3) is 0 Å². The number of aliphatic hydroxyl groups excluding tert-OH is 1. The molecule has 5 atom stereocenters. The molecule has 0 saturated heterocycles. The van der Waals surface area contributed by atoms with E-state index < -0.39 is 97.5 Å². The molecule has 0 spiro atoms. The minimum atomic E-state index is -5.01. The molecule has 19 heteroatoms. The molecule has 106 heavy (non-hydrogen) atoms. The van der Waals surface area contributed by atoms with Gasteiger partial charge in [0.05, 0.1) is 26.4 Å². The third kappa shape index (κ3) is 76.4. The highest BCUT2D eigenvalue weighted by molar-refractivity contribution is 7.47. The number of phosphoric ester groups is 2. The number of hydrogen-bond acceptors (Lipinski definition) is 15. The van der Waals surface area contributed by atoms with E-state index >= 15 is 0 Å². The summed E-state index contributed by atoms with van der Waals surface area (Å²) in [6, 6.07) is 0. The molecule has 0 aromatic carbocycles. The molecule has 0 radical (unpaired) electrons. The smallest absolute Gasteiger partial charge is 0.462 e. The van der Waals surface area contributed by atoms with Gasteiger partial charge in [0.1, 0.15) is 19.3 Å². The minimum absolute atomic E-state index is 0.0396. The maximum Gasteiger partial charge on any atom is 0.472 e. The first kappa shape index (κ1) is 100. The summed E-state index contributed by atoms with van der Waals surface area (Å²) in [5, 5.41) is 10.6. The number of esters is 4. The first-order chi connectivity index (χ1) is 51.7. The Morgan fingerprint density at radius 2 is 0.491 bits per heavy atom. The third-order valence-electron chi connectivity index (χ3n) is 15.8. The number of aliphatic hydroxyl groups is 1. The van der Waals surface area contributed by atoms with Crippen LogP contribution in [0.2, 0.25) is 0 Å². The Bertz CT molecular complexity index is 2730. The van der Waals surface area contributed by atoms with Gasteiger partial charge < -0.3 is 33.8 Å². The summed E-state index contributed by atoms with van der Waals surface area (Å²) < 4.78 is 68.5. The number of carbonyl (C=O) groups excluding carboxylic acids is 4. The topological polar surface area (TPSA) is 237 Å². The van der Waals surface area contributed by atoms with E-state index in [1.165, 1.54) is 25.7 Å². The van der Waals surface area contributed by atoms with Crippen LogP contribution >= 0.6 is 15.6 Å². The molecule has 600 valence electrons. The lowest BCUT2D eigenvalue weighted by Gasteiger charge is -2.21. The first-order valence-electron chi connectivity index (χ1n) is 40.0. The molecule has 0 heterocycles. The van der Waals surface area contributed by atoms with Crippen LogP contribution in [0.25, 0.3) is 0 Å². The van der Waals surface area contributed by atoms with E-state index in [9.17, 15) is 43.2 Å². The van der Waals surface area contributed by atoms with Crippen molar-refractivity contribution >= 4 is 39.5 Å². The van der Waals surface area contributed by atoms with Crippen LogP contribution in [0.15, 0.2) is 182 Å². The molecule has 0 bridgehead atoms.